The molecule has 180 valence electrons. The lowest BCUT2D eigenvalue weighted by Crippen LogP contribution is -2.47. The van der Waals surface area contributed by atoms with Crippen molar-refractivity contribution in [3.8, 4) is 5.75 Å². The average Bonchev–Trinajstić information content (AvgIpc) is 3.03. The highest BCUT2D eigenvalue weighted by atomic mass is 19.4. The number of methoxy groups -OCH3 is 1. The van der Waals surface area contributed by atoms with Crippen molar-refractivity contribution in [1.82, 2.24) is 9.80 Å². The molecule has 32 heavy (non-hydrogen) atoms. The monoisotopic (exact) mass is 460 g/mol. The topological polar surface area (TPSA) is 79.3 Å². The lowest BCUT2D eigenvalue weighted by atomic mass is 9.71. The Morgan fingerprint density at radius 3 is 2.31 bits per heavy atom. The lowest BCUT2D eigenvalue weighted by molar-refractivity contribution is -0.192. The van der Waals surface area contributed by atoms with Gasteiger partial charge in [0.1, 0.15) is 5.75 Å². The second-order valence-corrected chi connectivity index (χ2v) is 8.31. The Bertz CT molecular complexity index is 737. The fraction of sp³-hybridized carbons (Fsp3) is 0.636. The van der Waals surface area contributed by atoms with Crippen molar-refractivity contribution in [2.75, 3.05) is 53.6 Å². The number of carboxylic acid groups (broad SMARTS) is 1. The summed E-state index contributed by atoms with van der Waals surface area (Å²) in [6.07, 6.45) is -2.48. The second-order valence-electron chi connectivity index (χ2n) is 8.31. The number of alkyl halides is 3. The highest BCUT2D eigenvalue weighted by Gasteiger charge is 2.47. The fourth-order valence-electron chi connectivity index (χ4n) is 4.43. The predicted molar refractivity (Wildman–Crippen MR) is 111 cm³/mol. The van der Waals surface area contributed by atoms with E-state index in [4.69, 9.17) is 19.4 Å². The first-order chi connectivity index (χ1) is 15.1. The first-order valence-corrected chi connectivity index (χ1v) is 10.5. The Kier molecular flexibility index (Phi) is 9.33. The van der Waals surface area contributed by atoms with E-state index in [0.717, 1.165) is 51.4 Å². The van der Waals surface area contributed by atoms with Crippen molar-refractivity contribution in [3.63, 3.8) is 0 Å². The third-order valence-corrected chi connectivity index (χ3v) is 6.03. The molecule has 0 bridgehead atoms. The van der Waals surface area contributed by atoms with Gasteiger partial charge in [0, 0.05) is 39.2 Å². The van der Waals surface area contributed by atoms with E-state index in [0.29, 0.717) is 24.4 Å². The molecule has 0 saturated carbocycles. The minimum absolute atomic E-state index is 0.209. The number of nitrogens with zero attached hydrogens (tertiary/aromatic N) is 2. The number of likely N-dealkylation sites (tertiary alicyclic amines) is 2. The van der Waals surface area contributed by atoms with Gasteiger partial charge in [0.2, 0.25) is 5.91 Å². The van der Waals surface area contributed by atoms with Crippen LogP contribution in [-0.2, 0) is 14.3 Å². The summed E-state index contributed by atoms with van der Waals surface area (Å²) in [4.78, 5) is 25.8. The summed E-state index contributed by atoms with van der Waals surface area (Å²) in [6.45, 7) is 5.21. The van der Waals surface area contributed by atoms with Crippen molar-refractivity contribution in [1.29, 1.82) is 0 Å². The van der Waals surface area contributed by atoms with Gasteiger partial charge in [-0.25, -0.2) is 4.79 Å². The smallest absolute Gasteiger partial charge is 0.490 e. The SMILES string of the molecule is COCC1CN(C)CC12CCN(C(=O)CCOc1ccccc1)CC2.O=C(O)C(F)(F)F. The molecular weight excluding hydrogens is 429 g/mol. The summed E-state index contributed by atoms with van der Waals surface area (Å²) in [6, 6.07) is 9.68. The molecule has 2 fully saturated rings. The molecule has 1 unspecified atom stereocenters. The van der Waals surface area contributed by atoms with Crippen LogP contribution in [0.5, 0.6) is 5.75 Å². The van der Waals surface area contributed by atoms with Gasteiger partial charge in [-0.15, -0.1) is 0 Å². The number of ether oxygens (including phenoxy) is 2. The van der Waals surface area contributed by atoms with Crippen LogP contribution in [-0.4, -0.2) is 86.5 Å². The number of rotatable bonds is 6. The Morgan fingerprint density at radius 2 is 1.78 bits per heavy atom. The number of piperidine rings is 1. The fourth-order valence-corrected chi connectivity index (χ4v) is 4.43. The summed E-state index contributed by atoms with van der Waals surface area (Å²) in [5, 5.41) is 7.12. The molecule has 1 amide bonds. The molecule has 1 spiro atoms. The van der Waals surface area contributed by atoms with Crippen LogP contribution < -0.4 is 4.74 Å². The summed E-state index contributed by atoms with van der Waals surface area (Å²) in [7, 11) is 3.98. The molecule has 2 saturated heterocycles. The van der Waals surface area contributed by atoms with Gasteiger partial charge in [0.15, 0.2) is 0 Å². The molecule has 0 aromatic heterocycles. The Labute approximate surface area is 186 Å². The second kappa shape index (κ2) is 11.5. The van der Waals surface area contributed by atoms with Crippen LogP contribution in [0.15, 0.2) is 30.3 Å². The van der Waals surface area contributed by atoms with Crippen LogP contribution in [0, 0.1) is 11.3 Å². The van der Waals surface area contributed by atoms with Crippen LogP contribution in [0.25, 0.3) is 0 Å². The van der Waals surface area contributed by atoms with Crippen LogP contribution >= 0.6 is 0 Å². The zero-order valence-corrected chi connectivity index (χ0v) is 18.4. The van der Waals surface area contributed by atoms with Crippen LogP contribution in [0.4, 0.5) is 13.2 Å². The molecule has 1 aromatic rings. The maximum atomic E-state index is 12.5. The lowest BCUT2D eigenvalue weighted by Gasteiger charge is -2.42. The number of hydrogen-bond donors (Lipinski definition) is 1. The summed E-state index contributed by atoms with van der Waals surface area (Å²) >= 11 is 0. The van der Waals surface area contributed by atoms with Crippen LogP contribution in [0.3, 0.4) is 0 Å². The largest absolute Gasteiger partial charge is 0.493 e. The maximum Gasteiger partial charge on any atom is 0.490 e. The molecule has 2 heterocycles. The third-order valence-electron chi connectivity index (χ3n) is 6.03. The summed E-state index contributed by atoms with van der Waals surface area (Å²) in [5.74, 6) is -1.14. The minimum Gasteiger partial charge on any atom is -0.493 e. The van der Waals surface area contributed by atoms with Gasteiger partial charge in [0.05, 0.1) is 19.6 Å². The van der Waals surface area contributed by atoms with E-state index in [1.807, 2.05) is 35.2 Å². The van der Waals surface area contributed by atoms with Crippen LogP contribution in [0.1, 0.15) is 19.3 Å². The first-order valence-electron chi connectivity index (χ1n) is 10.5. The van der Waals surface area contributed by atoms with E-state index < -0.39 is 12.1 Å². The van der Waals surface area contributed by atoms with Gasteiger partial charge in [0.25, 0.3) is 0 Å². The minimum atomic E-state index is -5.08. The van der Waals surface area contributed by atoms with Gasteiger partial charge in [-0.2, -0.15) is 13.2 Å². The number of aliphatic carboxylic acids is 1. The first kappa shape index (κ1) is 25.9. The number of para-hydroxylation sites is 1. The van der Waals surface area contributed by atoms with Crippen molar-refractivity contribution in [2.24, 2.45) is 11.3 Å². The van der Waals surface area contributed by atoms with E-state index in [2.05, 4.69) is 11.9 Å². The Morgan fingerprint density at radius 1 is 1.19 bits per heavy atom. The molecule has 2 aliphatic heterocycles. The van der Waals surface area contributed by atoms with E-state index in [1.165, 1.54) is 0 Å². The number of amides is 1. The number of hydrogen-bond acceptors (Lipinski definition) is 5. The highest BCUT2D eigenvalue weighted by molar-refractivity contribution is 5.76. The molecule has 10 heteroatoms. The molecule has 2 aliphatic rings. The summed E-state index contributed by atoms with van der Waals surface area (Å²) in [5.41, 5.74) is 0.322. The van der Waals surface area contributed by atoms with Gasteiger partial charge in [-0.1, -0.05) is 18.2 Å². The molecule has 7 nitrogen and oxygen atoms in total. The standard InChI is InChI=1S/C20H30N2O3.C2HF3O2/c1-21-14-17(15-24-2)20(16-21)9-11-22(12-10-20)19(23)8-13-25-18-6-4-3-5-7-18;3-2(4,5)1(6)7/h3-7,17H,8-16H2,1-2H3;(H,6,7). The zero-order chi connectivity index (χ0) is 23.8. The quantitative estimate of drug-likeness (QED) is 0.703. The molecule has 1 atom stereocenters. The van der Waals surface area contributed by atoms with Gasteiger partial charge < -0.3 is 24.4 Å². The molecule has 3 rings (SSSR count). The summed E-state index contributed by atoms with van der Waals surface area (Å²) < 4.78 is 42.8. The number of halogens is 3. The third kappa shape index (κ3) is 7.37. The van der Waals surface area contributed by atoms with Gasteiger partial charge in [-0.05, 0) is 37.4 Å². The van der Waals surface area contributed by atoms with Crippen molar-refractivity contribution in [3.05, 3.63) is 30.3 Å². The van der Waals surface area contributed by atoms with Crippen molar-refractivity contribution < 1.29 is 37.3 Å². The highest BCUT2D eigenvalue weighted by Crippen LogP contribution is 2.44. The van der Waals surface area contributed by atoms with E-state index in [9.17, 15) is 18.0 Å². The molecule has 1 N–H and O–H groups in total. The normalized spacial score (nSPS) is 20.5. The van der Waals surface area contributed by atoms with Crippen molar-refractivity contribution in [2.45, 2.75) is 25.4 Å². The predicted octanol–water partition coefficient (Wildman–Crippen LogP) is 2.91. The molecule has 1 aromatic carbocycles. The van der Waals surface area contributed by atoms with E-state index in [-0.39, 0.29) is 5.91 Å². The molecular formula is C22H31F3N2O5. The molecule has 0 aliphatic carbocycles. The van der Waals surface area contributed by atoms with Crippen LogP contribution in [0.2, 0.25) is 0 Å². The zero-order valence-electron chi connectivity index (χ0n) is 18.4. The van der Waals surface area contributed by atoms with E-state index in [1.54, 1.807) is 7.11 Å². The van der Waals surface area contributed by atoms with E-state index >= 15 is 0 Å². The average molecular weight is 460 g/mol. The number of carboxylic acids is 1. The maximum absolute atomic E-state index is 12.5. The molecule has 0 radical (unpaired) electrons. The number of carbonyl (C=O) groups is 2. The Balaban J connectivity index is 0.000000451. The van der Waals surface area contributed by atoms with Crippen molar-refractivity contribution >= 4 is 11.9 Å². The number of carbonyl (C=O) groups excluding carboxylic acids is 1. The Hall–Kier alpha value is -2.33. The number of benzene rings is 1. The van der Waals surface area contributed by atoms with Gasteiger partial charge in [-0.3, -0.25) is 4.79 Å². The van der Waals surface area contributed by atoms with Gasteiger partial charge >= 0.3 is 12.1 Å².